The van der Waals surface area contributed by atoms with Crippen molar-refractivity contribution in [1.29, 1.82) is 0 Å². The normalized spacial score (nSPS) is 32.6. The molecular weight excluding hydrogens is 290 g/mol. The van der Waals surface area contributed by atoms with Gasteiger partial charge in [-0.1, -0.05) is 55.5 Å². The van der Waals surface area contributed by atoms with Gasteiger partial charge in [0.15, 0.2) is 11.2 Å². The van der Waals surface area contributed by atoms with Crippen molar-refractivity contribution >= 4 is 17.5 Å². The molecule has 0 N–H and O–H groups in total. The first-order chi connectivity index (χ1) is 11.0. The topological polar surface area (TPSA) is 46.6 Å². The molecular formula is C19H17NO3. The van der Waals surface area contributed by atoms with E-state index in [-0.39, 0.29) is 17.7 Å². The van der Waals surface area contributed by atoms with Gasteiger partial charge in [0.1, 0.15) is 0 Å². The van der Waals surface area contributed by atoms with E-state index in [0.717, 1.165) is 5.56 Å². The highest BCUT2D eigenvalue weighted by atomic mass is 16.6. The number of rotatable bonds is 2. The van der Waals surface area contributed by atoms with Crippen LogP contribution in [0.3, 0.4) is 0 Å². The maximum Gasteiger partial charge on any atom is 0.271 e. The lowest BCUT2D eigenvalue weighted by molar-refractivity contribution is -0.298. The van der Waals surface area contributed by atoms with Gasteiger partial charge in [-0.2, -0.15) is 0 Å². The van der Waals surface area contributed by atoms with Gasteiger partial charge < -0.3 is 4.74 Å². The molecule has 3 heterocycles. The van der Waals surface area contributed by atoms with Crippen LogP contribution >= 0.6 is 0 Å². The molecule has 116 valence electrons. The highest BCUT2D eigenvalue weighted by molar-refractivity contribution is 6.24. The number of piperidine rings is 1. The monoisotopic (exact) mass is 307 g/mol. The van der Waals surface area contributed by atoms with Crippen LogP contribution in [0.25, 0.3) is 0 Å². The fraction of sp³-hybridized carbons (Fsp3) is 0.263. The van der Waals surface area contributed by atoms with E-state index in [9.17, 15) is 9.59 Å². The third-order valence-corrected chi connectivity index (χ3v) is 5.17. The van der Waals surface area contributed by atoms with Crippen molar-refractivity contribution in [2.24, 2.45) is 5.92 Å². The molecule has 4 heteroatoms. The zero-order chi connectivity index (χ0) is 16.2. The van der Waals surface area contributed by atoms with Gasteiger partial charge in [-0.3, -0.25) is 9.59 Å². The van der Waals surface area contributed by atoms with E-state index < -0.39 is 11.2 Å². The number of hydrogen-bond acceptors (Lipinski definition) is 3. The lowest BCUT2D eigenvalue weighted by atomic mass is 9.62. The molecule has 3 fully saturated rings. The van der Waals surface area contributed by atoms with Crippen molar-refractivity contribution in [2.75, 3.05) is 4.90 Å². The van der Waals surface area contributed by atoms with Crippen molar-refractivity contribution in [2.45, 2.75) is 25.0 Å². The Bertz CT molecular complexity index is 789. The van der Waals surface area contributed by atoms with E-state index in [4.69, 9.17) is 4.74 Å². The summed E-state index contributed by atoms with van der Waals surface area (Å²) in [6.07, 6.45) is 0. The number of benzene rings is 2. The van der Waals surface area contributed by atoms with Gasteiger partial charge in [-0.25, -0.2) is 4.90 Å². The second kappa shape index (κ2) is 4.52. The summed E-state index contributed by atoms with van der Waals surface area (Å²) in [6.45, 7) is 3.68. The van der Waals surface area contributed by atoms with Gasteiger partial charge in [-0.05, 0) is 24.6 Å². The largest absolute Gasteiger partial charge is 0.343 e. The van der Waals surface area contributed by atoms with E-state index in [1.807, 2.05) is 55.5 Å². The number of hydrogen-bond donors (Lipinski definition) is 0. The minimum atomic E-state index is -1.08. The molecule has 2 aromatic rings. The molecule has 0 spiro atoms. The predicted octanol–water partition coefficient (Wildman–Crippen LogP) is 2.88. The van der Waals surface area contributed by atoms with Gasteiger partial charge in [0, 0.05) is 5.92 Å². The quantitative estimate of drug-likeness (QED) is 0.802. The molecule has 3 saturated heterocycles. The van der Waals surface area contributed by atoms with Crippen molar-refractivity contribution in [3.8, 4) is 0 Å². The summed E-state index contributed by atoms with van der Waals surface area (Å²) in [5.41, 5.74) is -0.674. The number of amides is 2. The van der Waals surface area contributed by atoms with Crippen molar-refractivity contribution in [3.05, 3.63) is 66.2 Å². The first kappa shape index (κ1) is 14.2. The summed E-state index contributed by atoms with van der Waals surface area (Å²) < 4.78 is 5.98. The standard InChI is InChI=1S/C19H17NO3/c1-13-18(2)16(21)20(15-11-7-4-8-12-15)17(22)19(13,23-18)14-9-5-3-6-10-14/h3-13H,1-2H3. The summed E-state index contributed by atoms with van der Waals surface area (Å²) in [5, 5.41) is 0. The molecule has 0 radical (unpaired) electrons. The Morgan fingerprint density at radius 3 is 2.04 bits per heavy atom. The molecule has 0 saturated carbocycles. The number of carbonyl (C=O) groups is 2. The SMILES string of the molecule is CC1C2(C)OC1(c1ccccc1)C(=O)N(c1ccccc1)C2=O. The average molecular weight is 307 g/mol. The first-order valence-corrected chi connectivity index (χ1v) is 7.71. The van der Waals surface area contributed by atoms with Crippen molar-refractivity contribution < 1.29 is 14.3 Å². The molecule has 0 aliphatic carbocycles. The molecule has 3 aliphatic heterocycles. The maximum absolute atomic E-state index is 13.2. The van der Waals surface area contributed by atoms with Crippen LogP contribution in [-0.2, 0) is 19.9 Å². The molecule has 3 unspecified atom stereocenters. The number of morpholine rings is 1. The number of nitrogens with zero attached hydrogens (tertiary/aromatic N) is 1. The number of anilines is 1. The van der Waals surface area contributed by atoms with Gasteiger partial charge >= 0.3 is 0 Å². The van der Waals surface area contributed by atoms with Crippen LogP contribution in [0.1, 0.15) is 19.4 Å². The molecule has 2 amide bonds. The minimum Gasteiger partial charge on any atom is -0.343 e. The third-order valence-electron chi connectivity index (χ3n) is 5.17. The second-order valence-corrected chi connectivity index (χ2v) is 6.31. The number of imide groups is 1. The Morgan fingerprint density at radius 1 is 0.913 bits per heavy atom. The summed E-state index contributed by atoms with van der Waals surface area (Å²) in [6, 6.07) is 18.5. The fourth-order valence-electron chi connectivity index (χ4n) is 3.71. The van der Waals surface area contributed by atoms with Crippen LogP contribution < -0.4 is 4.90 Å². The molecule has 23 heavy (non-hydrogen) atoms. The van der Waals surface area contributed by atoms with E-state index in [1.165, 1.54) is 4.90 Å². The van der Waals surface area contributed by atoms with Gasteiger partial charge in [0.2, 0.25) is 0 Å². The third kappa shape index (κ3) is 1.59. The Labute approximate surface area is 134 Å². The Kier molecular flexibility index (Phi) is 2.78. The highest BCUT2D eigenvalue weighted by Crippen LogP contribution is 2.58. The van der Waals surface area contributed by atoms with E-state index in [0.29, 0.717) is 5.69 Å². The van der Waals surface area contributed by atoms with Crippen LogP contribution in [0.5, 0.6) is 0 Å². The van der Waals surface area contributed by atoms with E-state index in [2.05, 4.69) is 0 Å². The smallest absolute Gasteiger partial charge is 0.271 e. The zero-order valence-corrected chi connectivity index (χ0v) is 13.0. The summed E-state index contributed by atoms with van der Waals surface area (Å²) in [5.74, 6) is -0.813. The first-order valence-electron chi connectivity index (χ1n) is 7.71. The molecule has 3 atom stereocenters. The van der Waals surface area contributed by atoms with Gasteiger partial charge in [0.25, 0.3) is 11.8 Å². The Morgan fingerprint density at radius 2 is 1.48 bits per heavy atom. The maximum atomic E-state index is 13.2. The molecule has 4 nitrogen and oxygen atoms in total. The van der Waals surface area contributed by atoms with Crippen LogP contribution in [0, 0.1) is 5.92 Å². The van der Waals surface area contributed by atoms with Gasteiger partial charge in [0.05, 0.1) is 5.69 Å². The molecule has 5 rings (SSSR count). The van der Waals surface area contributed by atoms with Crippen LogP contribution in [0.4, 0.5) is 5.69 Å². The lowest BCUT2D eigenvalue weighted by Gasteiger charge is -2.63. The van der Waals surface area contributed by atoms with Crippen molar-refractivity contribution in [1.82, 2.24) is 0 Å². The highest BCUT2D eigenvalue weighted by Gasteiger charge is 2.75. The predicted molar refractivity (Wildman–Crippen MR) is 85.7 cm³/mol. The molecule has 2 bridgehead atoms. The summed E-state index contributed by atoms with van der Waals surface area (Å²) >= 11 is 0. The Balaban J connectivity index is 1.87. The summed E-state index contributed by atoms with van der Waals surface area (Å²) in [7, 11) is 0. The fourth-order valence-corrected chi connectivity index (χ4v) is 3.71. The van der Waals surface area contributed by atoms with E-state index >= 15 is 0 Å². The molecule has 3 aliphatic rings. The minimum absolute atomic E-state index is 0.211. The number of carbonyl (C=O) groups excluding carboxylic acids is 2. The van der Waals surface area contributed by atoms with Crippen molar-refractivity contribution in [3.63, 3.8) is 0 Å². The molecule has 2 aromatic carbocycles. The summed E-state index contributed by atoms with van der Waals surface area (Å²) in [4.78, 5) is 27.4. The lowest BCUT2D eigenvalue weighted by Crippen LogP contribution is -2.81. The Hall–Kier alpha value is -2.46. The average Bonchev–Trinajstić information content (AvgIpc) is 2.59. The number of ether oxygens (including phenoxy) is 1. The van der Waals surface area contributed by atoms with Crippen LogP contribution in [0.2, 0.25) is 0 Å². The van der Waals surface area contributed by atoms with Crippen LogP contribution in [-0.4, -0.2) is 17.4 Å². The van der Waals surface area contributed by atoms with E-state index in [1.54, 1.807) is 19.1 Å². The van der Waals surface area contributed by atoms with Crippen LogP contribution in [0.15, 0.2) is 60.7 Å². The van der Waals surface area contributed by atoms with Gasteiger partial charge in [-0.15, -0.1) is 0 Å². The number of fused-ring (bicyclic) bond motifs is 2. The second-order valence-electron chi connectivity index (χ2n) is 6.31. The number of para-hydroxylation sites is 1. The molecule has 0 aromatic heterocycles. The zero-order valence-electron chi connectivity index (χ0n) is 13.0.